The van der Waals surface area contributed by atoms with E-state index in [-0.39, 0.29) is 12.6 Å². The number of nitrogens with one attached hydrogen (secondary N) is 1. The van der Waals surface area contributed by atoms with Crippen molar-refractivity contribution in [3.8, 4) is 0 Å². The normalized spacial score (nSPS) is 28.2. The predicted molar refractivity (Wildman–Crippen MR) is 77.3 cm³/mol. The van der Waals surface area contributed by atoms with Crippen LogP contribution in [-0.4, -0.2) is 61.0 Å². The minimum absolute atomic E-state index is 0.211. The third-order valence-corrected chi connectivity index (χ3v) is 4.30. The van der Waals surface area contributed by atoms with Crippen LogP contribution in [0.15, 0.2) is 12.2 Å². The number of likely N-dealkylation sites (tertiary alicyclic amines) is 1. The molecule has 0 radical (unpaired) electrons. The van der Waals surface area contributed by atoms with Gasteiger partial charge in [-0.2, -0.15) is 0 Å². The van der Waals surface area contributed by atoms with Gasteiger partial charge in [0.1, 0.15) is 0 Å². The number of hydrogen-bond donors (Lipinski definition) is 2. The fourth-order valence-electron chi connectivity index (χ4n) is 3.07. The smallest absolute Gasteiger partial charge is 0.0622 e. The second-order valence-electron chi connectivity index (χ2n) is 5.68. The van der Waals surface area contributed by atoms with Crippen molar-refractivity contribution in [1.29, 1.82) is 0 Å². The van der Waals surface area contributed by atoms with E-state index in [0.29, 0.717) is 12.1 Å². The first-order valence-electron chi connectivity index (χ1n) is 7.63. The summed E-state index contributed by atoms with van der Waals surface area (Å²) in [5.74, 6) is 0. The number of piperidine rings is 1. The lowest BCUT2D eigenvalue weighted by molar-refractivity contribution is 0.111. The topological polar surface area (TPSA) is 44.7 Å². The van der Waals surface area contributed by atoms with Crippen LogP contribution in [0.4, 0.5) is 0 Å². The molecular formula is C15H28N2O2. The zero-order valence-electron chi connectivity index (χ0n) is 12.1. The molecule has 2 rings (SSSR count). The Balaban J connectivity index is 1.69. The Kier molecular flexibility index (Phi) is 6.31. The number of ether oxygens (including phenoxy) is 1. The monoisotopic (exact) mass is 268 g/mol. The van der Waals surface area contributed by atoms with Crippen LogP contribution in [0.2, 0.25) is 0 Å². The highest BCUT2D eigenvalue weighted by atomic mass is 16.5. The van der Waals surface area contributed by atoms with Crippen molar-refractivity contribution < 1.29 is 9.84 Å². The van der Waals surface area contributed by atoms with Crippen molar-refractivity contribution in [1.82, 2.24) is 10.2 Å². The van der Waals surface area contributed by atoms with E-state index >= 15 is 0 Å². The van der Waals surface area contributed by atoms with Gasteiger partial charge < -0.3 is 15.2 Å². The molecule has 19 heavy (non-hydrogen) atoms. The van der Waals surface area contributed by atoms with Crippen molar-refractivity contribution in [3.05, 3.63) is 12.2 Å². The van der Waals surface area contributed by atoms with Gasteiger partial charge in [0.05, 0.1) is 13.2 Å². The molecule has 0 spiro atoms. The Bertz CT molecular complexity index is 269. The molecule has 0 aromatic carbocycles. The first-order valence-corrected chi connectivity index (χ1v) is 7.63. The first kappa shape index (κ1) is 15.0. The minimum Gasteiger partial charge on any atom is -0.395 e. The van der Waals surface area contributed by atoms with Crippen LogP contribution in [0.1, 0.15) is 32.6 Å². The summed E-state index contributed by atoms with van der Waals surface area (Å²) in [6, 6.07) is 1.42. The maximum Gasteiger partial charge on any atom is 0.0622 e. The van der Waals surface area contributed by atoms with Crippen molar-refractivity contribution in [2.24, 2.45) is 0 Å². The minimum atomic E-state index is 0.211. The molecular weight excluding hydrogens is 240 g/mol. The van der Waals surface area contributed by atoms with E-state index in [9.17, 15) is 5.11 Å². The lowest BCUT2D eigenvalue weighted by Crippen LogP contribution is -2.49. The summed E-state index contributed by atoms with van der Waals surface area (Å²) in [7, 11) is 0. The third-order valence-electron chi connectivity index (χ3n) is 4.30. The Morgan fingerprint density at radius 2 is 2.16 bits per heavy atom. The molecule has 2 N–H and O–H groups in total. The summed E-state index contributed by atoms with van der Waals surface area (Å²) in [5, 5.41) is 13.0. The third kappa shape index (κ3) is 4.56. The van der Waals surface area contributed by atoms with E-state index < -0.39 is 0 Å². The average Bonchev–Trinajstić information content (AvgIpc) is 2.98. The molecule has 4 nitrogen and oxygen atoms in total. The molecule has 2 saturated heterocycles. The fourth-order valence-corrected chi connectivity index (χ4v) is 3.07. The van der Waals surface area contributed by atoms with E-state index in [0.717, 1.165) is 32.7 Å². The molecule has 0 amide bonds. The Morgan fingerprint density at radius 1 is 1.37 bits per heavy atom. The summed E-state index contributed by atoms with van der Waals surface area (Å²) in [6.45, 7) is 6.41. The summed E-state index contributed by atoms with van der Waals surface area (Å²) in [5.41, 5.74) is 0. The summed E-state index contributed by atoms with van der Waals surface area (Å²) < 4.78 is 5.47. The second kappa shape index (κ2) is 8.00. The SMILES string of the molecule is CC=CCC(CO)NC1CCN(C2CCOC2)CC1. The molecule has 2 fully saturated rings. The maximum absolute atomic E-state index is 9.38. The highest BCUT2D eigenvalue weighted by molar-refractivity contribution is 4.88. The summed E-state index contributed by atoms with van der Waals surface area (Å²) in [6.07, 6.45) is 8.65. The predicted octanol–water partition coefficient (Wildman–Crippen LogP) is 1.16. The van der Waals surface area contributed by atoms with Crippen molar-refractivity contribution in [2.75, 3.05) is 32.9 Å². The fraction of sp³-hybridized carbons (Fsp3) is 0.867. The number of hydrogen-bond acceptors (Lipinski definition) is 4. The van der Waals surface area contributed by atoms with Gasteiger partial charge in [-0.1, -0.05) is 12.2 Å². The van der Waals surface area contributed by atoms with Crippen molar-refractivity contribution in [2.45, 2.75) is 50.7 Å². The molecule has 2 aliphatic rings. The van der Waals surface area contributed by atoms with Crippen LogP contribution in [0, 0.1) is 0 Å². The molecule has 110 valence electrons. The van der Waals surface area contributed by atoms with Gasteiger partial charge in [-0.15, -0.1) is 0 Å². The van der Waals surface area contributed by atoms with E-state index in [1.165, 1.54) is 19.3 Å². The van der Waals surface area contributed by atoms with Gasteiger partial charge in [0.15, 0.2) is 0 Å². The van der Waals surface area contributed by atoms with Gasteiger partial charge in [-0.3, -0.25) is 4.90 Å². The molecule has 2 atom stereocenters. The van der Waals surface area contributed by atoms with Gasteiger partial charge >= 0.3 is 0 Å². The van der Waals surface area contributed by atoms with Gasteiger partial charge in [-0.25, -0.2) is 0 Å². The lowest BCUT2D eigenvalue weighted by Gasteiger charge is -2.36. The van der Waals surface area contributed by atoms with Gasteiger partial charge in [0, 0.05) is 37.8 Å². The molecule has 2 unspecified atom stereocenters. The van der Waals surface area contributed by atoms with Crippen molar-refractivity contribution >= 4 is 0 Å². The van der Waals surface area contributed by atoms with Crippen LogP contribution in [-0.2, 0) is 4.74 Å². The van der Waals surface area contributed by atoms with Crippen LogP contribution >= 0.6 is 0 Å². The highest BCUT2D eigenvalue weighted by Crippen LogP contribution is 2.19. The molecule has 0 aromatic rings. The summed E-state index contributed by atoms with van der Waals surface area (Å²) in [4.78, 5) is 2.57. The van der Waals surface area contributed by atoms with Crippen LogP contribution in [0.25, 0.3) is 0 Å². The van der Waals surface area contributed by atoms with E-state index in [1.54, 1.807) is 0 Å². The molecule has 2 heterocycles. The molecule has 2 aliphatic heterocycles. The number of aliphatic hydroxyl groups is 1. The quantitative estimate of drug-likeness (QED) is 0.710. The van der Waals surface area contributed by atoms with E-state index in [2.05, 4.69) is 16.3 Å². The van der Waals surface area contributed by atoms with Crippen LogP contribution < -0.4 is 5.32 Å². The number of nitrogens with zero attached hydrogens (tertiary/aromatic N) is 1. The molecule has 0 aromatic heterocycles. The first-order chi connectivity index (χ1) is 9.33. The second-order valence-corrected chi connectivity index (χ2v) is 5.68. The van der Waals surface area contributed by atoms with Gasteiger partial charge in [0.2, 0.25) is 0 Å². The van der Waals surface area contributed by atoms with Gasteiger partial charge in [0.25, 0.3) is 0 Å². The summed E-state index contributed by atoms with van der Waals surface area (Å²) >= 11 is 0. The van der Waals surface area contributed by atoms with E-state index in [1.807, 2.05) is 13.0 Å². The van der Waals surface area contributed by atoms with Crippen LogP contribution in [0.3, 0.4) is 0 Å². The number of allylic oxidation sites excluding steroid dienone is 1. The number of aliphatic hydroxyl groups excluding tert-OH is 1. The Hall–Kier alpha value is -0.420. The van der Waals surface area contributed by atoms with Gasteiger partial charge in [-0.05, 0) is 32.6 Å². The molecule has 0 aliphatic carbocycles. The highest BCUT2D eigenvalue weighted by Gasteiger charge is 2.28. The van der Waals surface area contributed by atoms with E-state index in [4.69, 9.17) is 4.74 Å². The largest absolute Gasteiger partial charge is 0.395 e. The zero-order chi connectivity index (χ0) is 13.5. The lowest BCUT2D eigenvalue weighted by atomic mass is 10.0. The van der Waals surface area contributed by atoms with Crippen molar-refractivity contribution in [3.63, 3.8) is 0 Å². The van der Waals surface area contributed by atoms with Crippen LogP contribution in [0.5, 0.6) is 0 Å². The number of rotatable bonds is 6. The standard InChI is InChI=1S/C15H28N2O2/c1-2-3-4-14(11-18)16-13-5-8-17(9-6-13)15-7-10-19-12-15/h2-3,13-16,18H,4-12H2,1H3. The molecule has 0 bridgehead atoms. The maximum atomic E-state index is 9.38. The zero-order valence-corrected chi connectivity index (χ0v) is 12.1. The average molecular weight is 268 g/mol. The Labute approximate surface area is 116 Å². The Morgan fingerprint density at radius 3 is 2.74 bits per heavy atom. The molecule has 0 saturated carbocycles. The molecule has 4 heteroatoms.